The highest BCUT2D eigenvalue weighted by Gasteiger charge is 2.13. The van der Waals surface area contributed by atoms with Crippen LogP contribution < -0.4 is 5.32 Å². The van der Waals surface area contributed by atoms with E-state index in [2.05, 4.69) is 70.2 Å². The number of hydrogen-bond acceptors (Lipinski definition) is 2. The molecular formula is C17H30N2. The first-order valence-corrected chi connectivity index (χ1v) is 7.40. The van der Waals surface area contributed by atoms with Gasteiger partial charge >= 0.3 is 0 Å². The molecule has 0 aliphatic rings. The number of hydrogen-bond donors (Lipinski definition) is 1. The highest BCUT2D eigenvalue weighted by molar-refractivity contribution is 5.31. The van der Waals surface area contributed by atoms with Crippen LogP contribution in [0.4, 0.5) is 0 Å². The van der Waals surface area contributed by atoms with Crippen LogP contribution in [0.15, 0.2) is 18.2 Å². The summed E-state index contributed by atoms with van der Waals surface area (Å²) in [6, 6.07) is 7.20. The Balaban J connectivity index is 2.69. The summed E-state index contributed by atoms with van der Waals surface area (Å²) in [5.41, 5.74) is 4.13. The summed E-state index contributed by atoms with van der Waals surface area (Å²) < 4.78 is 0. The van der Waals surface area contributed by atoms with Gasteiger partial charge in [-0.15, -0.1) is 0 Å². The fourth-order valence-corrected chi connectivity index (χ4v) is 2.39. The maximum Gasteiger partial charge on any atom is 0.0446 e. The molecule has 108 valence electrons. The van der Waals surface area contributed by atoms with Crippen molar-refractivity contribution in [3.63, 3.8) is 0 Å². The van der Waals surface area contributed by atoms with Crippen LogP contribution in [0.3, 0.4) is 0 Å². The molecule has 19 heavy (non-hydrogen) atoms. The van der Waals surface area contributed by atoms with E-state index in [9.17, 15) is 0 Å². The fourth-order valence-electron chi connectivity index (χ4n) is 2.39. The minimum Gasteiger partial charge on any atom is -0.312 e. The van der Waals surface area contributed by atoms with Crippen LogP contribution in [0.1, 0.15) is 43.0 Å². The van der Waals surface area contributed by atoms with E-state index in [4.69, 9.17) is 0 Å². The Morgan fingerprint density at radius 3 is 2.37 bits per heavy atom. The second-order valence-corrected chi connectivity index (χ2v) is 5.92. The smallest absolute Gasteiger partial charge is 0.0446 e. The summed E-state index contributed by atoms with van der Waals surface area (Å²) in [5.74, 6) is 0.766. The van der Waals surface area contributed by atoms with Gasteiger partial charge in [0, 0.05) is 19.1 Å². The number of nitrogens with zero attached hydrogens (tertiary/aromatic N) is 1. The van der Waals surface area contributed by atoms with E-state index in [1.165, 1.54) is 29.7 Å². The van der Waals surface area contributed by atoms with Gasteiger partial charge in [0.15, 0.2) is 0 Å². The predicted molar refractivity (Wildman–Crippen MR) is 84.7 cm³/mol. The molecule has 1 aromatic carbocycles. The summed E-state index contributed by atoms with van der Waals surface area (Å²) in [6.07, 6.45) is 1.25. The molecular weight excluding hydrogens is 232 g/mol. The second-order valence-electron chi connectivity index (χ2n) is 5.92. The third kappa shape index (κ3) is 4.96. The Bertz CT molecular complexity index is 387. The maximum atomic E-state index is 3.45. The molecule has 1 N–H and O–H groups in total. The zero-order chi connectivity index (χ0) is 14.4. The van der Waals surface area contributed by atoms with Crippen molar-refractivity contribution in [3.05, 3.63) is 34.9 Å². The van der Waals surface area contributed by atoms with Crippen LogP contribution in [-0.4, -0.2) is 32.1 Å². The summed E-state index contributed by atoms with van der Waals surface area (Å²) in [6.45, 7) is 11.2. The van der Waals surface area contributed by atoms with E-state index in [-0.39, 0.29) is 0 Å². The summed E-state index contributed by atoms with van der Waals surface area (Å²) >= 11 is 0. The molecule has 2 atom stereocenters. The topological polar surface area (TPSA) is 15.3 Å². The lowest BCUT2D eigenvalue weighted by Crippen LogP contribution is -2.33. The van der Waals surface area contributed by atoms with E-state index in [1.807, 2.05) is 0 Å². The Morgan fingerprint density at radius 2 is 1.84 bits per heavy atom. The quantitative estimate of drug-likeness (QED) is 0.808. The number of aryl methyl sites for hydroxylation is 2. The third-order valence-electron chi connectivity index (χ3n) is 4.10. The van der Waals surface area contributed by atoms with Crippen LogP contribution in [0.5, 0.6) is 0 Å². The van der Waals surface area contributed by atoms with E-state index >= 15 is 0 Å². The van der Waals surface area contributed by atoms with E-state index in [1.54, 1.807) is 0 Å². The molecule has 2 unspecified atom stereocenters. The van der Waals surface area contributed by atoms with Crippen molar-refractivity contribution in [1.82, 2.24) is 10.2 Å². The van der Waals surface area contributed by atoms with Gasteiger partial charge in [-0.1, -0.05) is 38.5 Å². The summed E-state index contributed by atoms with van der Waals surface area (Å²) in [4.78, 5) is 2.44. The molecule has 0 spiro atoms. The number of likely N-dealkylation sites (N-methyl/N-ethyl adjacent to an activating group) is 2. The zero-order valence-electron chi connectivity index (χ0n) is 13.5. The zero-order valence-corrected chi connectivity index (χ0v) is 13.5. The van der Waals surface area contributed by atoms with Gasteiger partial charge < -0.3 is 10.2 Å². The normalized spacial score (nSPS) is 14.7. The molecule has 0 heterocycles. The number of rotatable bonds is 7. The average molecular weight is 262 g/mol. The van der Waals surface area contributed by atoms with Gasteiger partial charge in [-0.25, -0.2) is 0 Å². The van der Waals surface area contributed by atoms with Gasteiger partial charge in [0.1, 0.15) is 0 Å². The van der Waals surface area contributed by atoms with E-state index in [0.29, 0.717) is 6.04 Å². The Morgan fingerprint density at radius 1 is 1.16 bits per heavy atom. The first-order valence-electron chi connectivity index (χ1n) is 7.40. The molecule has 0 aromatic heterocycles. The maximum absolute atomic E-state index is 3.45. The summed E-state index contributed by atoms with van der Waals surface area (Å²) in [7, 11) is 4.27. The first kappa shape index (κ1) is 16.2. The third-order valence-corrected chi connectivity index (χ3v) is 4.10. The lowest BCUT2D eigenvalue weighted by atomic mass is 10.0. The van der Waals surface area contributed by atoms with Crippen LogP contribution in [0, 0.1) is 19.8 Å². The molecule has 2 nitrogen and oxygen atoms in total. The molecule has 0 amide bonds. The Kier molecular flexibility index (Phi) is 6.53. The molecule has 0 bridgehead atoms. The molecule has 0 aliphatic heterocycles. The van der Waals surface area contributed by atoms with Gasteiger partial charge in [-0.2, -0.15) is 0 Å². The summed E-state index contributed by atoms with van der Waals surface area (Å²) in [5, 5.41) is 3.45. The Hall–Kier alpha value is -0.860. The van der Waals surface area contributed by atoms with Gasteiger partial charge in [0.25, 0.3) is 0 Å². The molecule has 0 saturated heterocycles. The standard InChI is InChI=1S/C17H30N2/c1-7-13(2)11-19(6)12-17(18-5)16-9-8-14(3)15(4)10-16/h8-10,13,17-18H,7,11-12H2,1-6H3. The van der Waals surface area contributed by atoms with Crippen molar-refractivity contribution in [2.75, 3.05) is 27.2 Å². The molecule has 1 aromatic rings. The molecule has 0 fully saturated rings. The fraction of sp³-hybridized carbons (Fsp3) is 0.647. The van der Waals surface area contributed by atoms with Crippen molar-refractivity contribution >= 4 is 0 Å². The minimum absolute atomic E-state index is 0.411. The van der Waals surface area contributed by atoms with E-state index in [0.717, 1.165) is 12.5 Å². The van der Waals surface area contributed by atoms with Gasteiger partial charge in [-0.05, 0) is 50.6 Å². The predicted octanol–water partition coefficient (Wildman–Crippen LogP) is 3.54. The number of benzene rings is 1. The first-order chi connectivity index (χ1) is 8.97. The van der Waals surface area contributed by atoms with Crippen molar-refractivity contribution in [3.8, 4) is 0 Å². The van der Waals surface area contributed by atoms with E-state index < -0.39 is 0 Å². The highest BCUT2D eigenvalue weighted by Crippen LogP contribution is 2.18. The van der Waals surface area contributed by atoms with Crippen LogP contribution in [-0.2, 0) is 0 Å². The van der Waals surface area contributed by atoms with Crippen molar-refractivity contribution in [2.24, 2.45) is 5.92 Å². The van der Waals surface area contributed by atoms with Crippen molar-refractivity contribution in [2.45, 2.75) is 40.2 Å². The van der Waals surface area contributed by atoms with Crippen LogP contribution >= 0.6 is 0 Å². The largest absolute Gasteiger partial charge is 0.312 e. The highest BCUT2D eigenvalue weighted by atomic mass is 15.1. The molecule has 1 rings (SSSR count). The Labute approximate surface area is 119 Å². The molecule has 0 aliphatic carbocycles. The van der Waals surface area contributed by atoms with Gasteiger partial charge in [-0.3, -0.25) is 0 Å². The van der Waals surface area contributed by atoms with Crippen molar-refractivity contribution < 1.29 is 0 Å². The lowest BCUT2D eigenvalue weighted by Gasteiger charge is -2.26. The van der Waals surface area contributed by atoms with Crippen LogP contribution in [0.25, 0.3) is 0 Å². The van der Waals surface area contributed by atoms with Gasteiger partial charge in [0.2, 0.25) is 0 Å². The molecule has 0 radical (unpaired) electrons. The average Bonchev–Trinajstić information content (AvgIpc) is 2.39. The van der Waals surface area contributed by atoms with Crippen LogP contribution in [0.2, 0.25) is 0 Å². The van der Waals surface area contributed by atoms with Crippen molar-refractivity contribution in [1.29, 1.82) is 0 Å². The second kappa shape index (κ2) is 7.66. The molecule has 2 heteroatoms. The van der Waals surface area contributed by atoms with Gasteiger partial charge in [0.05, 0.1) is 0 Å². The number of nitrogens with one attached hydrogen (secondary N) is 1. The minimum atomic E-state index is 0.411. The molecule has 0 saturated carbocycles. The monoisotopic (exact) mass is 262 g/mol. The lowest BCUT2D eigenvalue weighted by molar-refractivity contribution is 0.256. The SMILES string of the molecule is CCC(C)CN(C)CC(NC)c1ccc(C)c(C)c1.